The quantitative estimate of drug-likeness (QED) is 0.625. The molecule has 0 unspecified atom stereocenters. The van der Waals surface area contributed by atoms with Gasteiger partial charge in [0.1, 0.15) is 11.2 Å². The van der Waals surface area contributed by atoms with Crippen molar-refractivity contribution < 1.29 is 9.84 Å². The van der Waals surface area contributed by atoms with Gasteiger partial charge in [0.15, 0.2) is 11.5 Å². The van der Waals surface area contributed by atoms with E-state index in [0.717, 1.165) is 50.3 Å². The van der Waals surface area contributed by atoms with Crippen LogP contribution in [-0.2, 0) is 11.3 Å². The van der Waals surface area contributed by atoms with Gasteiger partial charge in [-0.3, -0.25) is 0 Å². The van der Waals surface area contributed by atoms with Crippen LogP contribution in [0.4, 0.5) is 5.82 Å². The molecule has 1 N–H and O–H groups in total. The van der Waals surface area contributed by atoms with E-state index in [-0.39, 0.29) is 12.0 Å². The Labute approximate surface area is 190 Å². The van der Waals surface area contributed by atoms with Crippen molar-refractivity contribution in [2.24, 2.45) is 5.41 Å². The summed E-state index contributed by atoms with van der Waals surface area (Å²) in [5.74, 6) is 0.726. The van der Waals surface area contributed by atoms with Crippen LogP contribution in [0.1, 0.15) is 37.4 Å². The fourth-order valence-electron chi connectivity index (χ4n) is 4.80. The van der Waals surface area contributed by atoms with E-state index < -0.39 is 0 Å². The van der Waals surface area contributed by atoms with E-state index in [1.807, 2.05) is 19.1 Å². The highest BCUT2D eigenvalue weighted by Gasteiger charge is 2.41. The second-order valence-corrected chi connectivity index (χ2v) is 9.52. The number of aryl methyl sites for hydroxylation is 1. The van der Waals surface area contributed by atoms with Crippen molar-refractivity contribution >= 4 is 40.2 Å². The van der Waals surface area contributed by atoms with Crippen LogP contribution in [0.3, 0.4) is 0 Å². The minimum atomic E-state index is -0.201. The summed E-state index contributed by atoms with van der Waals surface area (Å²) in [5, 5.41) is 15.4. The molecule has 2 saturated heterocycles. The second kappa shape index (κ2) is 7.89. The van der Waals surface area contributed by atoms with Crippen molar-refractivity contribution in [3.05, 3.63) is 39.6 Å². The van der Waals surface area contributed by atoms with E-state index in [0.29, 0.717) is 38.7 Å². The van der Waals surface area contributed by atoms with Crippen LogP contribution in [0.25, 0.3) is 16.9 Å². The zero-order valence-electron chi connectivity index (χ0n) is 17.6. The fourth-order valence-corrected chi connectivity index (χ4v) is 5.25. The predicted octanol–water partition coefficient (Wildman–Crippen LogP) is 4.32. The number of anilines is 1. The number of aromatic nitrogens is 4. The van der Waals surface area contributed by atoms with Gasteiger partial charge in [0, 0.05) is 13.1 Å². The van der Waals surface area contributed by atoms with Crippen molar-refractivity contribution in [2.45, 2.75) is 45.8 Å². The minimum Gasteiger partial charge on any atom is -0.390 e. The molecule has 7 nitrogen and oxygen atoms in total. The Balaban J connectivity index is 1.49. The third-order valence-electron chi connectivity index (χ3n) is 6.60. The average molecular weight is 462 g/mol. The molecule has 4 heterocycles. The number of aliphatic hydroxyl groups is 1. The van der Waals surface area contributed by atoms with E-state index in [9.17, 15) is 5.11 Å². The molecule has 2 fully saturated rings. The number of fused-ring (bicyclic) bond motifs is 1. The van der Waals surface area contributed by atoms with Gasteiger partial charge in [-0.1, -0.05) is 29.3 Å². The third-order valence-corrected chi connectivity index (χ3v) is 7.57. The summed E-state index contributed by atoms with van der Waals surface area (Å²) in [5.41, 5.74) is 3.53. The van der Waals surface area contributed by atoms with Crippen LogP contribution in [0.15, 0.2) is 18.3 Å². The van der Waals surface area contributed by atoms with E-state index in [4.69, 9.17) is 37.9 Å². The van der Waals surface area contributed by atoms with Gasteiger partial charge < -0.3 is 14.7 Å². The number of hydrogen-bond donors (Lipinski definition) is 1. The normalized spacial score (nSPS) is 20.8. The number of ether oxygens (including phenoxy) is 1. The van der Waals surface area contributed by atoms with Crippen molar-refractivity contribution in [1.82, 2.24) is 19.7 Å². The van der Waals surface area contributed by atoms with Crippen LogP contribution >= 0.6 is 23.2 Å². The maximum absolute atomic E-state index is 10.1. The molecule has 0 saturated carbocycles. The number of hydrogen-bond acceptors (Lipinski definition) is 6. The lowest BCUT2D eigenvalue weighted by Gasteiger charge is -2.39. The number of rotatable bonds is 3. The molecule has 2 aliphatic heterocycles. The second-order valence-electron chi connectivity index (χ2n) is 8.76. The first-order valence-corrected chi connectivity index (χ1v) is 11.3. The molecule has 0 bridgehead atoms. The van der Waals surface area contributed by atoms with Gasteiger partial charge in [-0.05, 0) is 50.2 Å². The summed E-state index contributed by atoms with van der Waals surface area (Å²) in [7, 11) is 0. The predicted molar refractivity (Wildman–Crippen MR) is 121 cm³/mol. The Morgan fingerprint density at radius 3 is 2.65 bits per heavy atom. The molecule has 1 aromatic carbocycles. The van der Waals surface area contributed by atoms with Crippen LogP contribution in [-0.4, -0.2) is 50.7 Å². The number of halogens is 2. The highest BCUT2D eigenvalue weighted by Crippen LogP contribution is 2.43. The number of aliphatic hydroxyl groups excluding tert-OH is 1. The maximum Gasteiger partial charge on any atom is 0.182 e. The van der Waals surface area contributed by atoms with Crippen LogP contribution in [0.2, 0.25) is 10.0 Å². The summed E-state index contributed by atoms with van der Waals surface area (Å²) >= 11 is 12.8. The molecule has 164 valence electrons. The number of nitrogens with zero attached hydrogens (tertiary/aromatic N) is 5. The lowest BCUT2D eigenvalue weighted by molar-refractivity contribution is 0.0975. The summed E-state index contributed by atoms with van der Waals surface area (Å²) in [6.45, 7) is 6.43. The van der Waals surface area contributed by atoms with Gasteiger partial charge in [-0.25, -0.2) is 14.6 Å². The summed E-state index contributed by atoms with van der Waals surface area (Å²) in [4.78, 5) is 11.8. The SMILES string of the molecule is Cc1ccc(-n2ncc3nc(N4CCC5(CC4)CO[C@@H](C)C5)c(CO)nc32)c(Cl)c1Cl. The van der Waals surface area contributed by atoms with Gasteiger partial charge in [0.05, 0.1) is 41.2 Å². The molecular weight excluding hydrogens is 437 g/mol. The van der Waals surface area contributed by atoms with Crippen molar-refractivity contribution in [3.63, 3.8) is 0 Å². The number of piperidine rings is 1. The number of benzene rings is 1. The van der Waals surface area contributed by atoms with Crippen molar-refractivity contribution in [2.75, 3.05) is 24.6 Å². The molecule has 0 radical (unpaired) electrons. The van der Waals surface area contributed by atoms with Crippen molar-refractivity contribution in [1.29, 1.82) is 0 Å². The lowest BCUT2D eigenvalue weighted by atomic mass is 9.77. The van der Waals surface area contributed by atoms with E-state index in [1.54, 1.807) is 10.9 Å². The largest absolute Gasteiger partial charge is 0.390 e. The van der Waals surface area contributed by atoms with E-state index in [1.165, 1.54) is 0 Å². The summed E-state index contributed by atoms with van der Waals surface area (Å²) in [6.07, 6.45) is 5.24. The first-order valence-electron chi connectivity index (χ1n) is 10.6. The van der Waals surface area contributed by atoms with Crippen LogP contribution < -0.4 is 4.90 Å². The molecular formula is C22H25Cl2N5O2. The molecule has 9 heteroatoms. The average Bonchev–Trinajstić information content (AvgIpc) is 3.35. The molecule has 5 rings (SSSR count). The zero-order valence-corrected chi connectivity index (χ0v) is 19.1. The maximum atomic E-state index is 10.1. The van der Waals surface area contributed by atoms with Crippen LogP contribution in [0, 0.1) is 12.3 Å². The standard InChI is InChI=1S/C22H25Cl2N5O2/c1-13-3-4-17(19(24)18(13)23)29-21-15(10-25-29)26-20(16(11-30)27-21)28-7-5-22(6-8-28)9-14(2)31-12-22/h3-4,10,14,30H,5-9,11-12H2,1-2H3/t14-/m0/s1. The highest BCUT2D eigenvalue weighted by molar-refractivity contribution is 6.43. The third kappa shape index (κ3) is 3.57. The minimum absolute atomic E-state index is 0.201. The molecule has 31 heavy (non-hydrogen) atoms. The van der Waals surface area contributed by atoms with Crippen LogP contribution in [0.5, 0.6) is 0 Å². The Morgan fingerprint density at radius 2 is 1.97 bits per heavy atom. The van der Waals surface area contributed by atoms with Gasteiger partial charge >= 0.3 is 0 Å². The van der Waals surface area contributed by atoms with Gasteiger partial charge in [0.25, 0.3) is 0 Å². The Hall–Kier alpha value is -1.93. The Morgan fingerprint density at radius 1 is 1.19 bits per heavy atom. The summed E-state index contributed by atoms with van der Waals surface area (Å²) < 4.78 is 7.47. The van der Waals surface area contributed by atoms with Gasteiger partial charge in [-0.15, -0.1) is 0 Å². The topological polar surface area (TPSA) is 76.3 Å². The Bertz CT molecular complexity index is 1140. The van der Waals surface area contributed by atoms with Gasteiger partial charge in [0.2, 0.25) is 0 Å². The van der Waals surface area contributed by atoms with Crippen molar-refractivity contribution in [3.8, 4) is 5.69 Å². The molecule has 3 aromatic rings. The molecule has 0 aliphatic carbocycles. The van der Waals surface area contributed by atoms with E-state index in [2.05, 4.69) is 16.9 Å². The molecule has 2 aromatic heterocycles. The summed E-state index contributed by atoms with van der Waals surface area (Å²) in [6, 6.07) is 3.75. The molecule has 2 aliphatic rings. The zero-order chi connectivity index (χ0) is 21.8. The lowest BCUT2D eigenvalue weighted by Crippen LogP contribution is -2.41. The first kappa shape index (κ1) is 20.9. The fraction of sp³-hybridized carbons (Fsp3) is 0.500. The monoisotopic (exact) mass is 461 g/mol. The molecule has 0 amide bonds. The molecule has 1 atom stereocenters. The molecule has 1 spiro atoms. The smallest absolute Gasteiger partial charge is 0.182 e. The Kier molecular flexibility index (Phi) is 5.33. The highest BCUT2D eigenvalue weighted by atomic mass is 35.5. The van der Waals surface area contributed by atoms with E-state index >= 15 is 0 Å². The first-order chi connectivity index (χ1) is 14.9. The van der Waals surface area contributed by atoms with Gasteiger partial charge in [-0.2, -0.15) is 5.10 Å².